The second-order valence-corrected chi connectivity index (χ2v) is 4.83. The Morgan fingerprint density at radius 2 is 2.11 bits per heavy atom. The van der Waals surface area contributed by atoms with E-state index >= 15 is 0 Å². The molecule has 0 aliphatic carbocycles. The van der Waals surface area contributed by atoms with Gasteiger partial charge in [-0.1, -0.05) is 6.07 Å². The number of rotatable bonds is 0. The molecule has 0 spiro atoms. The Kier molecular flexibility index (Phi) is 2.83. The Bertz CT molecular complexity index is 458. The molecule has 2 heterocycles. The number of hydrogen-bond donors (Lipinski definition) is 1. The summed E-state index contributed by atoms with van der Waals surface area (Å²) in [6.45, 7) is 1.17. The summed E-state index contributed by atoms with van der Waals surface area (Å²) in [5, 5.41) is 3.33. The average Bonchev–Trinajstić information content (AvgIpc) is 2.37. The molecule has 3 rings (SSSR count). The number of ether oxygens (including phenoxy) is 1. The van der Waals surface area contributed by atoms with Gasteiger partial charge in [0.05, 0.1) is 24.3 Å². The molecule has 98 valence electrons. The van der Waals surface area contributed by atoms with Gasteiger partial charge in [0.25, 0.3) is 0 Å². The van der Waals surface area contributed by atoms with E-state index in [0.717, 1.165) is 31.0 Å². The number of alkyl halides is 3. The lowest BCUT2D eigenvalue weighted by atomic mass is 9.88. The van der Waals surface area contributed by atoms with E-state index in [1.165, 1.54) is 6.07 Å². The van der Waals surface area contributed by atoms with Crippen molar-refractivity contribution in [1.82, 2.24) is 5.32 Å². The van der Waals surface area contributed by atoms with Gasteiger partial charge in [0.2, 0.25) is 0 Å². The summed E-state index contributed by atoms with van der Waals surface area (Å²) in [6.07, 6.45) is -2.16. The Morgan fingerprint density at radius 3 is 2.89 bits per heavy atom. The van der Waals surface area contributed by atoms with Crippen LogP contribution < -0.4 is 5.32 Å². The third-order valence-electron chi connectivity index (χ3n) is 3.66. The van der Waals surface area contributed by atoms with Crippen LogP contribution in [0.3, 0.4) is 0 Å². The minimum absolute atomic E-state index is 0.0461. The molecular weight excluding hydrogens is 243 g/mol. The van der Waals surface area contributed by atoms with Crippen molar-refractivity contribution in [2.75, 3.05) is 6.54 Å². The summed E-state index contributed by atoms with van der Waals surface area (Å²) in [5.74, 6) is 0. The van der Waals surface area contributed by atoms with E-state index in [1.807, 2.05) is 0 Å². The second-order valence-electron chi connectivity index (χ2n) is 4.83. The number of benzene rings is 1. The fourth-order valence-electron chi connectivity index (χ4n) is 2.76. The van der Waals surface area contributed by atoms with Crippen LogP contribution >= 0.6 is 0 Å². The van der Waals surface area contributed by atoms with Gasteiger partial charge in [0, 0.05) is 0 Å². The zero-order chi connectivity index (χ0) is 12.8. The standard InChI is InChI=1S/C13H14F3NO/c14-13(15,16)9-3-4-10-8(6-9)7-18-11-2-1-5-17-12(10)11/h3-4,6,11-12,17H,1-2,5,7H2. The SMILES string of the molecule is FC(F)(F)c1ccc2c(c1)COC1CCCNC21. The van der Waals surface area contributed by atoms with Crippen molar-refractivity contribution in [2.24, 2.45) is 0 Å². The molecule has 2 nitrogen and oxygen atoms in total. The Hall–Kier alpha value is -1.07. The first-order valence-corrected chi connectivity index (χ1v) is 6.11. The average molecular weight is 257 g/mol. The van der Waals surface area contributed by atoms with E-state index in [1.54, 1.807) is 6.07 Å². The van der Waals surface area contributed by atoms with Gasteiger partial charge in [-0.25, -0.2) is 0 Å². The lowest BCUT2D eigenvalue weighted by molar-refractivity contribution is -0.137. The molecule has 0 saturated carbocycles. The third kappa shape index (κ3) is 2.01. The highest BCUT2D eigenvalue weighted by Gasteiger charge is 2.35. The minimum Gasteiger partial charge on any atom is -0.372 e. The summed E-state index contributed by atoms with van der Waals surface area (Å²) in [7, 11) is 0. The number of hydrogen-bond acceptors (Lipinski definition) is 2. The topological polar surface area (TPSA) is 21.3 Å². The molecule has 0 aromatic heterocycles. The molecule has 0 radical (unpaired) electrons. The Labute approximate surface area is 103 Å². The quantitative estimate of drug-likeness (QED) is 0.771. The maximum atomic E-state index is 12.6. The van der Waals surface area contributed by atoms with Crippen molar-refractivity contribution in [3.8, 4) is 0 Å². The lowest BCUT2D eigenvalue weighted by Gasteiger charge is -2.38. The first-order chi connectivity index (χ1) is 8.55. The summed E-state index contributed by atoms with van der Waals surface area (Å²) >= 11 is 0. The molecule has 1 aromatic rings. The first kappa shape index (κ1) is 12.0. The van der Waals surface area contributed by atoms with E-state index in [0.29, 0.717) is 5.56 Å². The van der Waals surface area contributed by atoms with Gasteiger partial charge in [-0.15, -0.1) is 0 Å². The van der Waals surface area contributed by atoms with Crippen molar-refractivity contribution in [1.29, 1.82) is 0 Å². The Balaban J connectivity index is 1.96. The molecule has 18 heavy (non-hydrogen) atoms. The smallest absolute Gasteiger partial charge is 0.372 e. The monoisotopic (exact) mass is 257 g/mol. The number of nitrogens with one attached hydrogen (secondary N) is 1. The van der Waals surface area contributed by atoms with Crippen molar-refractivity contribution >= 4 is 0 Å². The molecule has 2 atom stereocenters. The maximum Gasteiger partial charge on any atom is 0.416 e. The van der Waals surface area contributed by atoms with Crippen molar-refractivity contribution < 1.29 is 17.9 Å². The molecule has 0 amide bonds. The van der Waals surface area contributed by atoms with Gasteiger partial charge in [-0.05, 0) is 42.6 Å². The van der Waals surface area contributed by atoms with Crippen LogP contribution in [0.4, 0.5) is 13.2 Å². The van der Waals surface area contributed by atoms with Crippen molar-refractivity contribution in [3.63, 3.8) is 0 Å². The highest BCUT2D eigenvalue weighted by molar-refractivity contribution is 5.37. The van der Waals surface area contributed by atoms with Gasteiger partial charge in [0.15, 0.2) is 0 Å². The van der Waals surface area contributed by atoms with Gasteiger partial charge in [-0.2, -0.15) is 13.2 Å². The molecule has 5 heteroatoms. The van der Waals surface area contributed by atoms with Crippen LogP contribution in [-0.2, 0) is 17.5 Å². The van der Waals surface area contributed by atoms with Crippen LogP contribution in [0.1, 0.15) is 35.6 Å². The van der Waals surface area contributed by atoms with Crippen LogP contribution in [0.5, 0.6) is 0 Å². The van der Waals surface area contributed by atoms with Crippen LogP contribution in [-0.4, -0.2) is 12.6 Å². The fraction of sp³-hybridized carbons (Fsp3) is 0.538. The highest BCUT2D eigenvalue weighted by Crippen LogP contribution is 2.37. The van der Waals surface area contributed by atoms with Crippen molar-refractivity contribution in [2.45, 2.75) is 37.8 Å². The molecule has 1 fully saturated rings. The van der Waals surface area contributed by atoms with Gasteiger partial charge in [-0.3, -0.25) is 0 Å². The summed E-state index contributed by atoms with van der Waals surface area (Å²) < 4.78 is 43.5. The van der Waals surface area contributed by atoms with E-state index in [9.17, 15) is 13.2 Å². The summed E-state index contributed by atoms with van der Waals surface area (Å²) in [6, 6.07) is 4.01. The molecule has 2 aliphatic rings. The van der Waals surface area contributed by atoms with Crippen LogP contribution in [0.25, 0.3) is 0 Å². The lowest BCUT2D eigenvalue weighted by Crippen LogP contribution is -2.42. The minimum atomic E-state index is -4.29. The molecule has 2 aliphatic heterocycles. The van der Waals surface area contributed by atoms with Crippen molar-refractivity contribution in [3.05, 3.63) is 34.9 Å². The van der Waals surface area contributed by atoms with E-state index in [4.69, 9.17) is 4.74 Å². The molecule has 1 saturated heterocycles. The van der Waals surface area contributed by atoms with Gasteiger partial charge >= 0.3 is 6.18 Å². The van der Waals surface area contributed by atoms with E-state index in [-0.39, 0.29) is 18.8 Å². The zero-order valence-electron chi connectivity index (χ0n) is 9.76. The molecular formula is C13H14F3NO. The molecule has 1 N–H and O–H groups in total. The van der Waals surface area contributed by atoms with Gasteiger partial charge < -0.3 is 10.1 Å². The molecule has 1 aromatic carbocycles. The third-order valence-corrected chi connectivity index (χ3v) is 3.66. The maximum absolute atomic E-state index is 12.6. The van der Waals surface area contributed by atoms with Crippen LogP contribution in [0.15, 0.2) is 18.2 Å². The van der Waals surface area contributed by atoms with Gasteiger partial charge in [0.1, 0.15) is 0 Å². The predicted molar refractivity (Wildman–Crippen MR) is 60.0 cm³/mol. The number of piperidine rings is 1. The molecule has 2 unspecified atom stereocenters. The van der Waals surface area contributed by atoms with E-state index < -0.39 is 11.7 Å². The number of halogens is 3. The predicted octanol–water partition coefficient (Wildman–Crippen LogP) is 3.03. The normalized spacial score (nSPS) is 27.5. The van der Waals surface area contributed by atoms with Crippen LogP contribution in [0, 0.1) is 0 Å². The fourth-order valence-corrected chi connectivity index (χ4v) is 2.76. The summed E-state index contributed by atoms with van der Waals surface area (Å²) in [4.78, 5) is 0. The highest BCUT2D eigenvalue weighted by atomic mass is 19.4. The Morgan fingerprint density at radius 1 is 1.28 bits per heavy atom. The molecule has 0 bridgehead atoms. The zero-order valence-corrected chi connectivity index (χ0v) is 9.76. The first-order valence-electron chi connectivity index (χ1n) is 6.11. The summed E-state index contributed by atoms with van der Waals surface area (Å²) in [5.41, 5.74) is 1.01. The second kappa shape index (κ2) is 4.24. The number of fused-ring (bicyclic) bond motifs is 3. The van der Waals surface area contributed by atoms with Crippen LogP contribution in [0.2, 0.25) is 0 Å². The van der Waals surface area contributed by atoms with E-state index in [2.05, 4.69) is 5.32 Å². The largest absolute Gasteiger partial charge is 0.416 e.